The minimum Gasteiger partial charge on any atom is -0.376 e. The van der Waals surface area contributed by atoms with E-state index in [2.05, 4.69) is 10.1 Å². The molecule has 1 N–H and O–H groups in total. The zero-order valence-corrected chi connectivity index (χ0v) is 13.4. The van der Waals surface area contributed by atoms with E-state index in [1.54, 1.807) is 0 Å². The Labute approximate surface area is 140 Å². The zero-order chi connectivity index (χ0) is 18.5. The molecule has 1 aliphatic rings. The molecule has 0 saturated heterocycles. The van der Waals surface area contributed by atoms with Crippen LogP contribution in [0.2, 0.25) is 0 Å². The molecule has 1 aliphatic carbocycles. The Morgan fingerprint density at radius 1 is 1.28 bits per heavy atom. The first-order chi connectivity index (χ1) is 11.6. The van der Waals surface area contributed by atoms with E-state index in [9.17, 15) is 31.1 Å². The average Bonchev–Trinajstić information content (AvgIpc) is 3.26. The van der Waals surface area contributed by atoms with Gasteiger partial charge in [0.2, 0.25) is 9.84 Å². The summed E-state index contributed by atoms with van der Waals surface area (Å²) in [6.45, 7) is -1.09. The molecule has 0 radical (unpaired) electrons. The maximum Gasteiger partial charge on any atom is 0.379 e. The molecule has 1 aromatic carbocycles. The molecular weight excluding hydrogens is 366 g/mol. The first-order valence-corrected chi connectivity index (χ1v) is 8.76. The number of benzene rings is 1. The highest BCUT2D eigenvalue weighted by atomic mass is 32.2. The smallest absolute Gasteiger partial charge is 0.376 e. The van der Waals surface area contributed by atoms with E-state index in [1.165, 1.54) is 0 Å². The summed E-state index contributed by atoms with van der Waals surface area (Å²) in [5.74, 6) is -2.55. The molecular formula is C14H13F4N3O3S. The summed E-state index contributed by atoms with van der Waals surface area (Å²) in [4.78, 5) is 3.52. The van der Waals surface area contributed by atoms with Crippen LogP contribution in [0.25, 0.3) is 0 Å². The minimum atomic E-state index is -5.11. The monoisotopic (exact) mass is 379 g/mol. The van der Waals surface area contributed by atoms with Crippen molar-refractivity contribution < 1.29 is 31.1 Å². The zero-order valence-electron chi connectivity index (χ0n) is 12.6. The summed E-state index contributed by atoms with van der Waals surface area (Å²) in [7, 11) is -5.11. The third-order valence-corrected chi connectivity index (χ3v) is 6.44. The molecule has 0 bridgehead atoms. The third kappa shape index (κ3) is 2.80. The first kappa shape index (κ1) is 17.8. The molecule has 1 fully saturated rings. The molecule has 0 aliphatic heterocycles. The number of aliphatic hydroxyl groups is 1. The Hall–Kier alpha value is -2.01. The fourth-order valence-electron chi connectivity index (χ4n) is 2.53. The first-order valence-electron chi connectivity index (χ1n) is 7.21. The summed E-state index contributed by atoms with van der Waals surface area (Å²) in [5, 5.41) is 8.19. The Morgan fingerprint density at radius 3 is 2.48 bits per heavy atom. The molecule has 6 nitrogen and oxygen atoms in total. The van der Waals surface area contributed by atoms with Crippen molar-refractivity contribution in [3.8, 4) is 0 Å². The van der Waals surface area contributed by atoms with Crippen molar-refractivity contribution in [2.45, 2.75) is 35.5 Å². The van der Waals surface area contributed by atoms with Gasteiger partial charge in [-0.2, -0.15) is 13.9 Å². The maximum absolute atomic E-state index is 14.9. The van der Waals surface area contributed by atoms with Gasteiger partial charge in [-0.3, -0.25) is 0 Å². The number of nitrogens with zero attached hydrogens (tertiary/aromatic N) is 3. The Bertz CT molecular complexity index is 885. The van der Waals surface area contributed by atoms with Gasteiger partial charge in [0.05, 0.1) is 11.8 Å². The average molecular weight is 379 g/mol. The molecule has 3 rings (SSSR count). The molecule has 25 heavy (non-hydrogen) atoms. The lowest BCUT2D eigenvalue weighted by molar-refractivity contribution is -0.145. The molecule has 2 aromatic rings. The highest BCUT2D eigenvalue weighted by molar-refractivity contribution is 7.93. The second-order valence-electron chi connectivity index (χ2n) is 5.84. The fraction of sp³-hybridized carbons (Fsp3) is 0.429. The van der Waals surface area contributed by atoms with Gasteiger partial charge in [0, 0.05) is 11.6 Å². The summed E-state index contributed by atoms with van der Waals surface area (Å²) >= 11 is 0. The maximum atomic E-state index is 14.9. The molecule has 0 spiro atoms. The largest absolute Gasteiger partial charge is 0.379 e. The van der Waals surface area contributed by atoms with Gasteiger partial charge in [0.25, 0.3) is 0 Å². The lowest BCUT2D eigenvalue weighted by Gasteiger charge is -2.35. The van der Waals surface area contributed by atoms with Crippen molar-refractivity contribution in [3.05, 3.63) is 48.1 Å². The number of sulfone groups is 1. The highest BCUT2D eigenvalue weighted by Crippen LogP contribution is 2.49. The van der Waals surface area contributed by atoms with Gasteiger partial charge in [-0.05, 0) is 25.0 Å². The standard InChI is InChI=1S/C14H13F4N3O3S/c15-9-1-4-11(12(16)5-9)13(22,6-21-8-19-7-20-21)14(17,18)25(23,24)10-2-3-10/h1,4-5,7-8,10,22H,2-3,6H2. The predicted molar refractivity (Wildman–Crippen MR) is 77.2 cm³/mol. The van der Waals surface area contributed by atoms with Gasteiger partial charge in [-0.25, -0.2) is 26.9 Å². The Morgan fingerprint density at radius 2 is 1.96 bits per heavy atom. The minimum absolute atomic E-state index is 0.0310. The molecule has 136 valence electrons. The molecule has 1 aromatic heterocycles. The molecule has 11 heteroatoms. The normalized spacial score (nSPS) is 18.1. The number of halogens is 4. The van der Waals surface area contributed by atoms with E-state index in [4.69, 9.17) is 0 Å². The van der Waals surface area contributed by atoms with Crippen LogP contribution >= 0.6 is 0 Å². The van der Waals surface area contributed by atoms with Gasteiger partial charge < -0.3 is 5.11 Å². The molecule has 1 saturated carbocycles. The molecule has 1 unspecified atom stereocenters. The predicted octanol–water partition coefficient (Wildman–Crippen LogP) is 1.61. The second-order valence-corrected chi connectivity index (χ2v) is 8.11. The van der Waals surface area contributed by atoms with Crippen molar-refractivity contribution >= 4 is 9.84 Å². The summed E-state index contributed by atoms with van der Waals surface area (Å²) < 4.78 is 82.3. The van der Waals surface area contributed by atoms with Crippen LogP contribution in [0.1, 0.15) is 18.4 Å². The lowest BCUT2D eigenvalue weighted by Crippen LogP contribution is -2.54. The van der Waals surface area contributed by atoms with Gasteiger partial charge in [-0.1, -0.05) is 0 Å². The topological polar surface area (TPSA) is 85.1 Å². The summed E-state index contributed by atoms with van der Waals surface area (Å²) in [5.41, 5.74) is -4.54. The summed E-state index contributed by atoms with van der Waals surface area (Å²) in [6, 6.07) is 1.55. The molecule has 1 heterocycles. The van der Waals surface area contributed by atoms with Crippen LogP contribution in [0.5, 0.6) is 0 Å². The third-order valence-electron chi connectivity index (χ3n) is 4.04. The van der Waals surface area contributed by atoms with Gasteiger partial charge in [0.1, 0.15) is 24.3 Å². The van der Waals surface area contributed by atoms with E-state index < -0.39 is 49.7 Å². The number of hydrogen-bond donors (Lipinski definition) is 1. The van der Waals surface area contributed by atoms with Crippen LogP contribution in [-0.2, 0) is 22.0 Å². The fourth-order valence-corrected chi connectivity index (χ4v) is 4.35. The van der Waals surface area contributed by atoms with Crippen LogP contribution in [0.15, 0.2) is 30.9 Å². The van der Waals surface area contributed by atoms with Crippen LogP contribution in [0.3, 0.4) is 0 Å². The van der Waals surface area contributed by atoms with Gasteiger partial charge in [0.15, 0.2) is 5.60 Å². The van der Waals surface area contributed by atoms with Crippen LogP contribution in [0.4, 0.5) is 17.6 Å². The second kappa shape index (κ2) is 5.77. The summed E-state index contributed by atoms with van der Waals surface area (Å²) in [6.07, 6.45) is 2.01. The van der Waals surface area contributed by atoms with Crippen LogP contribution in [-0.4, -0.2) is 38.8 Å². The quantitative estimate of drug-likeness (QED) is 0.771. The van der Waals surface area contributed by atoms with Crippen molar-refractivity contribution in [1.29, 1.82) is 0 Å². The van der Waals surface area contributed by atoms with Crippen molar-refractivity contribution in [1.82, 2.24) is 14.8 Å². The Balaban J connectivity index is 2.18. The lowest BCUT2D eigenvalue weighted by atomic mass is 9.93. The van der Waals surface area contributed by atoms with Crippen molar-refractivity contribution in [3.63, 3.8) is 0 Å². The molecule has 1 atom stereocenters. The van der Waals surface area contributed by atoms with Gasteiger partial charge in [-0.15, -0.1) is 0 Å². The highest BCUT2D eigenvalue weighted by Gasteiger charge is 2.67. The SMILES string of the molecule is O=S(=O)(C1CC1)C(F)(F)C(O)(Cn1cncn1)c1ccc(F)cc1F. The van der Waals surface area contributed by atoms with E-state index in [0.29, 0.717) is 18.2 Å². The van der Waals surface area contributed by atoms with E-state index >= 15 is 0 Å². The van der Waals surface area contributed by atoms with E-state index in [1.807, 2.05) is 0 Å². The van der Waals surface area contributed by atoms with E-state index in [0.717, 1.165) is 17.3 Å². The number of rotatable bonds is 6. The van der Waals surface area contributed by atoms with Crippen LogP contribution < -0.4 is 0 Å². The number of hydrogen-bond acceptors (Lipinski definition) is 5. The van der Waals surface area contributed by atoms with Gasteiger partial charge >= 0.3 is 5.25 Å². The number of alkyl halides is 2. The van der Waals surface area contributed by atoms with Crippen molar-refractivity contribution in [2.75, 3.05) is 0 Å². The molecule has 0 amide bonds. The van der Waals surface area contributed by atoms with Crippen LogP contribution in [0, 0.1) is 11.6 Å². The van der Waals surface area contributed by atoms with Crippen molar-refractivity contribution in [2.24, 2.45) is 0 Å². The number of aromatic nitrogens is 3. The Kier molecular flexibility index (Phi) is 4.11. The van der Waals surface area contributed by atoms with E-state index in [-0.39, 0.29) is 12.8 Å².